The molecule has 0 bridgehead atoms. The molecule has 0 radical (unpaired) electrons. The molecule has 4 heteroatoms. The number of hydrogen-bond donors (Lipinski definition) is 0. The molecule has 0 unspecified atom stereocenters. The van der Waals surface area contributed by atoms with Crippen LogP contribution in [-0.2, 0) is 7.01 Å². The quantitative estimate of drug-likeness (QED) is 0.547. The van der Waals surface area contributed by atoms with Gasteiger partial charge in [-0.05, 0) is 5.92 Å². The zero-order chi connectivity index (χ0) is 6.78. The third-order valence-electron chi connectivity index (χ3n) is 0.532. The van der Waals surface area contributed by atoms with E-state index in [1.54, 1.807) is 0 Å². The Morgan fingerprint density at radius 1 is 1.50 bits per heavy atom. The molecule has 0 aliphatic rings. The van der Waals surface area contributed by atoms with Crippen LogP contribution < -0.4 is 0 Å². The largest absolute Gasteiger partial charge is 0.218 e. The van der Waals surface area contributed by atoms with E-state index in [0.717, 1.165) is 0 Å². The van der Waals surface area contributed by atoms with Crippen LogP contribution in [0.4, 0.5) is 0 Å². The van der Waals surface area contributed by atoms with Gasteiger partial charge in [-0.1, -0.05) is 13.8 Å². The average Bonchev–Trinajstić information content (AvgIpc) is 1.21. The molecule has 0 aliphatic carbocycles. The van der Waals surface area contributed by atoms with Crippen LogP contribution in [0.15, 0.2) is 0 Å². The summed E-state index contributed by atoms with van der Waals surface area (Å²) in [6.07, 6.45) is 0. The number of rotatable bonds is 2. The maximum atomic E-state index is 10.4. The van der Waals surface area contributed by atoms with Gasteiger partial charge in [-0.3, -0.25) is 0 Å². The summed E-state index contributed by atoms with van der Waals surface area (Å²) in [6, 6.07) is 0. The van der Waals surface area contributed by atoms with Gasteiger partial charge in [0.25, 0.3) is 0 Å². The molecule has 0 saturated heterocycles. The van der Waals surface area contributed by atoms with E-state index in [2.05, 4.69) is 0 Å². The van der Waals surface area contributed by atoms with Crippen molar-refractivity contribution in [1.82, 2.24) is 0 Å². The number of halogens is 1. The summed E-state index contributed by atoms with van der Waals surface area (Å²) < 4.78 is 20.9. The van der Waals surface area contributed by atoms with Crippen molar-refractivity contribution in [3.05, 3.63) is 0 Å². The van der Waals surface area contributed by atoms with Gasteiger partial charge in [-0.2, -0.15) is 0 Å². The molecule has 0 atom stereocenters. The second kappa shape index (κ2) is 3.00. The van der Waals surface area contributed by atoms with Gasteiger partial charge in [0.05, 0.1) is 27.0 Å². The van der Waals surface area contributed by atoms with Gasteiger partial charge in [-0.15, -0.1) is 0 Å². The Bertz CT molecular complexity index is 147. The van der Waals surface area contributed by atoms with E-state index in [9.17, 15) is 8.42 Å². The summed E-state index contributed by atoms with van der Waals surface area (Å²) in [7, 11) is -2.75. The lowest BCUT2D eigenvalue weighted by atomic mass is 10.3. The summed E-state index contributed by atoms with van der Waals surface area (Å²) >= 11 is 1.46. The van der Waals surface area contributed by atoms with Crippen molar-refractivity contribution in [2.75, 3.05) is 5.75 Å². The first-order chi connectivity index (χ1) is 3.42. The van der Waals surface area contributed by atoms with Crippen molar-refractivity contribution < 1.29 is 8.42 Å². The Hall–Kier alpha value is 0.680. The smallest absolute Gasteiger partial charge is 0.203 e. The van der Waals surface area contributed by atoms with Crippen LogP contribution in [0.2, 0.25) is 0 Å². The molecule has 0 fully saturated rings. The molecule has 0 aromatic carbocycles. The maximum Gasteiger partial charge on any atom is 0.203 e. The van der Waals surface area contributed by atoms with Gasteiger partial charge < -0.3 is 0 Å². The molecule has 0 heterocycles. The van der Waals surface area contributed by atoms with Crippen molar-refractivity contribution in [3.63, 3.8) is 0 Å². The minimum atomic E-state index is -2.75. The zero-order valence-corrected chi connectivity index (χ0v) is 7.86. The summed E-state index contributed by atoms with van der Waals surface area (Å²) in [5.41, 5.74) is 0. The predicted octanol–water partition coefficient (Wildman–Crippen LogP) is 1.41. The topological polar surface area (TPSA) is 34.1 Å². The second-order valence-electron chi connectivity index (χ2n) is 2.10. The maximum absolute atomic E-state index is 10.4. The van der Waals surface area contributed by atoms with E-state index in [1.165, 1.54) is 21.2 Å². The van der Waals surface area contributed by atoms with E-state index < -0.39 is 7.01 Å². The Morgan fingerprint density at radius 2 is 1.88 bits per heavy atom. The molecule has 0 rings (SSSR count). The van der Waals surface area contributed by atoms with Crippen LogP contribution >= 0.6 is 21.2 Å². The fourth-order valence-electron chi connectivity index (χ4n) is 0.398. The molecule has 0 amide bonds. The van der Waals surface area contributed by atoms with Crippen LogP contribution in [-0.4, -0.2) is 14.2 Å². The van der Waals surface area contributed by atoms with Crippen LogP contribution in [0.5, 0.6) is 0 Å². The first-order valence-electron chi connectivity index (χ1n) is 2.34. The average molecular weight is 248 g/mol. The zero-order valence-electron chi connectivity index (χ0n) is 4.89. The Balaban J connectivity index is 3.75. The monoisotopic (exact) mass is 248 g/mol. The van der Waals surface area contributed by atoms with Crippen LogP contribution in [0, 0.1) is 5.92 Å². The molecule has 8 heavy (non-hydrogen) atoms. The normalized spacial score (nSPS) is 12.5. The number of hydrogen-bond acceptors (Lipinski definition) is 2. The Kier molecular flexibility index (Phi) is 3.26. The summed E-state index contributed by atoms with van der Waals surface area (Å²) in [5.74, 6) is 0.532. The molecule has 0 aliphatic heterocycles. The first-order valence-corrected chi connectivity index (χ1v) is 6.53. The molecular formula is C4H9IO2S. The standard InChI is InChI=1S/C4H9IO2S/c1-4(2)3-8(5,6)7/h4H,3H2,1-2H3. The molecular weight excluding hydrogens is 239 g/mol. The molecule has 0 saturated carbocycles. The second-order valence-corrected chi connectivity index (χ2v) is 7.54. The van der Waals surface area contributed by atoms with Crippen molar-refractivity contribution in [1.29, 1.82) is 0 Å². The Labute approximate surface area is 62.2 Å². The highest BCUT2D eigenvalue weighted by Crippen LogP contribution is 2.06. The molecule has 0 aromatic heterocycles. The van der Waals surface area contributed by atoms with E-state index in [0.29, 0.717) is 0 Å². The van der Waals surface area contributed by atoms with Gasteiger partial charge in [0.1, 0.15) is 0 Å². The Morgan fingerprint density at radius 3 is 1.88 bits per heavy atom. The fraction of sp³-hybridized carbons (Fsp3) is 1.00. The van der Waals surface area contributed by atoms with Crippen molar-refractivity contribution >= 4 is 28.2 Å². The minimum Gasteiger partial charge on any atom is -0.218 e. The van der Waals surface area contributed by atoms with Crippen LogP contribution in [0.25, 0.3) is 0 Å². The van der Waals surface area contributed by atoms with Gasteiger partial charge in [0.2, 0.25) is 7.01 Å². The molecule has 50 valence electrons. The SMILES string of the molecule is CC(C)CS(=O)(=O)I. The lowest BCUT2D eigenvalue weighted by Crippen LogP contribution is -2.02. The van der Waals surface area contributed by atoms with Crippen molar-refractivity contribution in [2.45, 2.75) is 13.8 Å². The molecule has 0 N–H and O–H groups in total. The predicted molar refractivity (Wildman–Crippen MR) is 42.6 cm³/mol. The third-order valence-corrected chi connectivity index (χ3v) is 2.68. The first kappa shape index (κ1) is 8.68. The third kappa shape index (κ3) is 6.68. The molecule has 2 nitrogen and oxygen atoms in total. The fourth-order valence-corrected chi connectivity index (χ4v) is 3.35. The van der Waals surface area contributed by atoms with Crippen LogP contribution in [0.1, 0.15) is 13.8 Å². The van der Waals surface area contributed by atoms with Crippen molar-refractivity contribution in [3.8, 4) is 0 Å². The summed E-state index contributed by atoms with van der Waals surface area (Å²) in [6.45, 7) is 3.77. The lowest BCUT2D eigenvalue weighted by molar-refractivity contribution is 0.599. The highest BCUT2D eigenvalue weighted by molar-refractivity contribution is 14.2. The van der Waals surface area contributed by atoms with Crippen molar-refractivity contribution in [2.24, 2.45) is 5.92 Å². The van der Waals surface area contributed by atoms with E-state index in [1.807, 2.05) is 13.8 Å². The summed E-state index contributed by atoms with van der Waals surface area (Å²) in [4.78, 5) is 0. The minimum absolute atomic E-state index is 0.247. The van der Waals surface area contributed by atoms with E-state index >= 15 is 0 Å². The van der Waals surface area contributed by atoms with E-state index in [4.69, 9.17) is 0 Å². The van der Waals surface area contributed by atoms with Gasteiger partial charge in [-0.25, -0.2) is 8.42 Å². The molecule has 0 spiro atoms. The summed E-state index contributed by atoms with van der Waals surface area (Å²) in [5, 5.41) is 0. The van der Waals surface area contributed by atoms with Crippen LogP contribution in [0.3, 0.4) is 0 Å². The van der Waals surface area contributed by atoms with Gasteiger partial charge >= 0.3 is 0 Å². The highest BCUT2D eigenvalue weighted by atomic mass is 127. The van der Waals surface area contributed by atoms with Gasteiger partial charge in [0.15, 0.2) is 0 Å². The highest BCUT2D eigenvalue weighted by Gasteiger charge is 2.05. The van der Waals surface area contributed by atoms with Gasteiger partial charge in [0, 0.05) is 0 Å². The molecule has 0 aromatic rings. The van der Waals surface area contributed by atoms with E-state index in [-0.39, 0.29) is 11.7 Å². The lowest BCUT2D eigenvalue weighted by Gasteiger charge is -1.97.